The van der Waals surface area contributed by atoms with Gasteiger partial charge in [0.05, 0.1) is 0 Å². The summed E-state index contributed by atoms with van der Waals surface area (Å²) >= 11 is 0. The van der Waals surface area contributed by atoms with E-state index < -0.39 is 0 Å². The van der Waals surface area contributed by atoms with E-state index in [0.717, 1.165) is 25.6 Å². The van der Waals surface area contributed by atoms with Crippen LogP contribution in [0, 0.1) is 5.92 Å². The molecule has 1 aliphatic heterocycles. The number of anilines is 2. The van der Waals surface area contributed by atoms with Crippen LogP contribution in [0.4, 0.5) is 11.6 Å². The van der Waals surface area contributed by atoms with E-state index in [4.69, 9.17) is 0 Å². The Kier molecular flexibility index (Phi) is 4.06. The molecule has 0 aliphatic carbocycles. The normalized spacial score (nSPS) is 16.1. The molecular weight excluding hydrogens is 250 g/mol. The topological polar surface area (TPSA) is 53.9 Å². The molecule has 5 nitrogen and oxygen atoms in total. The number of hydrogen-bond donors (Lipinski definition) is 1. The van der Waals surface area contributed by atoms with E-state index in [0.29, 0.717) is 5.92 Å². The van der Waals surface area contributed by atoms with Crippen LogP contribution in [0.1, 0.15) is 12.8 Å². The summed E-state index contributed by atoms with van der Waals surface area (Å²) in [5.74, 6) is 1.42. The van der Waals surface area contributed by atoms with Crippen molar-refractivity contribution in [2.24, 2.45) is 5.92 Å². The molecule has 0 radical (unpaired) electrons. The lowest BCUT2D eigenvalue weighted by molar-refractivity contribution is 0.423. The molecular formula is C15H19N5. The Balaban J connectivity index is 1.47. The van der Waals surface area contributed by atoms with Crippen LogP contribution >= 0.6 is 0 Å². The highest BCUT2D eigenvalue weighted by Crippen LogP contribution is 2.22. The van der Waals surface area contributed by atoms with Crippen molar-refractivity contribution in [3.63, 3.8) is 0 Å². The van der Waals surface area contributed by atoms with Gasteiger partial charge in [0.1, 0.15) is 0 Å². The van der Waals surface area contributed by atoms with Gasteiger partial charge in [0, 0.05) is 50.1 Å². The average Bonchev–Trinajstić information content (AvgIpc) is 2.55. The van der Waals surface area contributed by atoms with E-state index in [1.54, 1.807) is 12.4 Å². The van der Waals surface area contributed by atoms with Gasteiger partial charge in [0.2, 0.25) is 5.95 Å². The first-order valence-electron chi connectivity index (χ1n) is 7.08. The molecule has 1 aliphatic rings. The Bertz CT molecular complexity index is 508. The zero-order valence-electron chi connectivity index (χ0n) is 11.4. The van der Waals surface area contributed by atoms with E-state index in [9.17, 15) is 0 Å². The number of hydrogen-bond acceptors (Lipinski definition) is 5. The number of nitrogens with one attached hydrogen (secondary N) is 1. The van der Waals surface area contributed by atoms with Gasteiger partial charge in [-0.05, 0) is 37.0 Å². The van der Waals surface area contributed by atoms with Crippen LogP contribution < -0.4 is 10.2 Å². The highest BCUT2D eigenvalue weighted by Gasteiger charge is 2.19. The van der Waals surface area contributed by atoms with Gasteiger partial charge in [-0.15, -0.1) is 0 Å². The molecule has 2 aromatic heterocycles. The number of rotatable bonds is 4. The minimum absolute atomic E-state index is 0.692. The molecule has 3 heterocycles. The first-order chi connectivity index (χ1) is 9.92. The number of nitrogens with zero attached hydrogens (tertiary/aromatic N) is 4. The average molecular weight is 269 g/mol. The van der Waals surface area contributed by atoms with Crippen molar-refractivity contribution in [1.82, 2.24) is 15.0 Å². The Morgan fingerprint density at radius 1 is 1.05 bits per heavy atom. The third kappa shape index (κ3) is 3.23. The van der Waals surface area contributed by atoms with E-state index in [-0.39, 0.29) is 0 Å². The SMILES string of the molecule is c1cnc(NCC2CCN(c3ccncc3)CC2)nc1. The van der Waals surface area contributed by atoms with Crippen molar-refractivity contribution in [3.8, 4) is 0 Å². The maximum Gasteiger partial charge on any atom is 0.222 e. The van der Waals surface area contributed by atoms with Crippen molar-refractivity contribution < 1.29 is 0 Å². The molecule has 0 spiro atoms. The quantitative estimate of drug-likeness (QED) is 0.922. The Hall–Kier alpha value is -2.17. The molecule has 1 saturated heterocycles. The van der Waals surface area contributed by atoms with Gasteiger partial charge in [-0.3, -0.25) is 4.98 Å². The monoisotopic (exact) mass is 269 g/mol. The molecule has 0 atom stereocenters. The summed E-state index contributed by atoms with van der Waals surface area (Å²) in [5.41, 5.74) is 1.28. The summed E-state index contributed by atoms with van der Waals surface area (Å²) in [6.45, 7) is 3.16. The Morgan fingerprint density at radius 3 is 2.45 bits per heavy atom. The second-order valence-electron chi connectivity index (χ2n) is 5.09. The molecule has 0 amide bonds. The molecule has 0 aromatic carbocycles. The molecule has 2 aromatic rings. The fourth-order valence-electron chi connectivity index (χ4n) is 2.58. The summed E-state index contributed by atoms with van der Waals surface area (Å²) in [6, 6.07) is 5.99. The lowest BCUT2D eigenvalue weighted by Crippen LogP contribution is -2.35. The van der Waals surface area contributed by atoms with Gasteiger partial charge >= 0.3 is 0 Å². The first-order valence-corrected chi connectivity index (χ1v) is 7.08. The van der Waals surface area contributed by atoms with E-state index in [2.05, 4.69) is 37.3 Å². The van der Waals surface area contributed by atoms with Gasteiger partial charge in [0.25, 0.3) is 0 Å². The van der Waals surface area contributed by atoms with Gasteiger partial charge in [0.15, 0.2) is 0 Å². The molecule has 20 heavy (non-hydrogen) atoms. The number of pyridine rings is 1. The summed E-state index contributed by atoms with van der Waals surface area (Å²) < 4.78 is 0. The molecule has 0 bridgehead atoms. The molecule has 1 fully saturated rings. The third-order valence-corrected chi connectivity index (χ3v) is 3.76. The Labute approximate surface area is 119 Å². The third-order valence-electron chi connectivity index (χ3n) is 3.76. The fourth-order valence-corrected chi connectivity index (χ4v) is 2.58. The standard InChI is InChI=1S/C15H19N5/c1-6-17-15(18-7-1)19-12-13-4-10-20(11-5-13)14-2-8-16-9-3-14/h1-3,6-9,13H,4-5,10-12H2,(H,17,18,19). The maximum absolute atomic E-state index is 4.19. The van der Waals surface area contributed by atoms with Crippen molar-refractivity contribution in [3.05, 3.63) is 43.0 Å². The fraction of sp³-hybridized carbons (Fsp3) is 0.400. The minimum Gasteiger partial charge on any atom is -0.371 e. The van der Waals surface area contributed by atoms with Crippen molar-refractivity contribution in [1.29, 1.82) is 0 Å². The van der Waals surface area contributed by atoms with E-state index in [1.807, 2.05) is 18.5 Å². The maximum atomic E-state index is 4.19. The van der Waals surface area contributed by atoms with E-state index in [1.165, 1.54) is 18.5 Å². The van der Waals surface area contributed by atoms with Crippen LogP contribution in [0.25, 0.3) is 0 Å². The first kappa shape index (κ1) is 12.8. The van der Waals surface area contributed by atoms with Crippen LogP contribution in [0.15, 0.2) is 43.0 Å². The summed E-state index contributed by atoms with van der Waals surface area (Å²) in [5, 5.41) is 3.32. The molecule has 5 heteroatoms. The van der Waals surface area contributed by atoms with Crippen molar-refractivity contribution in [2.45, 2.75) is 12.8 Å². The predicted molar refractivity (Wildman–Crippen MR) is 79.7 cm³/mol. The van der Waals surface area contributed by atoms with Crippen LogP contribution in [-0.4, -0.2) is 34.6 Å². The molecule has 104 valence electrons. The zero-order valence-corrected chi connectivity index (χ0v) is 11.4. The minimum atomic E-state index is 0.692. The summed E-state index contributed by atoms with van der Waals surface area (Å²) in [4.78, 5) is 14.9. The van der Waals surface area contributed by atoms with Crippen LogP contribution in [0.5, 0.6) is 0 Å². The smallest absolute Gasteiger partial charge is 0.222 e. The molecule has 0 unspecified atom stereocenters. The highest BCUT2D eigenvalue weighted by molar-refractivity contribution is 5.44. The zero-order chi connectivity index (χ0) is 13.6. The van der Waals surface area contributed by atoms with E-state index >= 15 is 0 Å². The van der Waals surface area contributed by atoms with Gasteiger partial charge in [-0.2, -0.15) is 0 Å². The van der Waals surface area contributed by atoms with Crippen LogP contribution in [0.2, 0.25) is 0 Å². The Morgan fingerprint density at radius 2 is 1.75 bits per heavy atom. The van der Waals surface area contributed by atoms with Gasteiger partial charge < -0.3 is 10.2 Å². The summed E-state index contributed by atoms with van der Waals surface area (Å²) in [7, 11) is 0. The van der Waals surface area contributed by atoms with Crippen LogP contribution in [-0.2, 0) is 0 Å². The predicted octanol–water partition coefficient (Wildman–Crippen LogP) is 2.20. The second kappa shape index (κ2) is 6.32. The molecule has 3 rings (SSSR count). The lowest BCUT2D eigenvalue weighted by Gasteiger charge is -2.33. The van der Waals surface area contributed by atoms with Gasteiger partial charge in [-0.25, -0.2) is 9.97 Å². The molecule has 0 saturated carbocycles. The number of piperidine rings is 1. The van der Waals surface area contributed by atoms with Crippen molar-refractivity contribution >= 4 is 11.6 Å². The summed E-state index contributed by atoms with van der Waals surface area (Å²) in [6.07, 6.45) is 9.64. The molecule has 1 N–H and O–H groups in total. The van der Waals surface area contributed by atoms with Crippen molar-refractivity contribution in [2.75, 3.05) is 29.9 Å². The lowest BCUT2D eigenvalue weighted by atomic mass is 9.96. The van der Waals surface area contributed by atoms with Gasteiger partial charge in [-0.1, -0.05) is 0 Å². The highest BCUT2D eigenvalue weighted by atomic mass is 15.1. The second-order valence-corrected chi connectivity index (χ2v) is 5.09. The number of aromatic nitrogens is 3. The van der Waals surface area contributed by atoms with Crippen LogP contribution in [0.3, 0.4) is 0 Å². The largest absolute Gasteiger partial charge is 0.371 e.